The summed E-state index contributed by atoms with van der Waals surface area (Å²) in [4.78, 5) is 37.0. The third-order valence-corrected chi connectivity index (χ3v) is 4.79. The molecule has 1 heterocycles. The van der Waals surface area contributed by atoms with Crippen LogP contribution in [-0.4, -0.2) is 40.5 Å². The van der Waals surface area contributed by atoms with Crippen molar-refractivity contribution in [1.29, 1.82) is 0 Å². The zero-order valence-electron chi connectivity index (χ0n) is 15.8. The first kappa shape index (κ1) is 20.2. The molecule has 3 amide bonds. The van der Waals surface area contributed by atoms with Crippen molar-refractivity contribution in [3.8, 4) is 11.5 Å². The van der Waals surface area contributed by atoms with E-state index in [4.69, 9.17) is 10.5 Å². The Kier molecular flexibility index (Phi) is 6.33. The number of carbonyl (C=O) groups excluding carboxylic acids is 2. The summed E-state index contributed by atoms with van der Waals surface area (Å²) in [5.74, 6) is -0.167. The highest BCUT2D eigenvalue weighted by Gasteiger charge is 2.35. The van der Waals surface area contributed by atoms with Crippen LogP contribution in [0.15, 0.2) is 54.6 Å². The second-order valence-electron chi connectivity index (χ2n) is 6.84. The molecule has 1 aliphatic rings. The Morgan fingerprint density at radius 1 is 1.14 bits per heavy atom. The van der Waals surface area contributed by atoms with Crippen LogP contribution in [-0.2, 0) is 9.59 Å². The number of urea groups is 1. The lowest BCUT2D eigenvalue weighted by Crippen LogP contribution is -2.43. The number of carbonyl (C=O) groups is 3. The van der Waals surface area contributed by atoms with Crippen LogP contribution in [0, 0.1) is 0 Å². The van der Waals surface area contributed by atoms with Crippen LogP contribution < -0.4 is 15.8 Å². The number of carboxylic acids is 1. The molecule has 0 spiro atoms. The van der Waals surface area contributed by atoms with Gasteiger partial charge in [-0.25, -0.2) is 9.59 Å². The monoisotopic (exact) mass is 397 g/mol. The van der Waals surface area contributed by atoms with Gasteiger partial charge in [0.1, 0.15) is 17.5 Å². The van der Waals surface area contributed by atoms with Crippen molar-refractivity contribution >= 4 is 17.9 Å². The first-order valence-electron chi connectivity index (χ1n) is 9.35. The summed E-state index contributed by atoms with van der Waals surface area (Å²) in [5, 5.41) is 11.9. The number of amides is 3. The van der Waals surface area contributed by atoms with E-state index >= 15 is 0 Å². The lowest BCUT2D eigenvalue weighted by molar-refractivity contribution is -0.148. The van der Waals surface area contributed by atoms with E-state index in [1.54, 1.807) is 24.3 Å². The third kappa shape index (κ3) is 5.25. The minimum atomic E-state index is -1.02. The number of likely N-dealkylation sites (tertiary alicyclic amines) is 1. The summed E-state index contributed by atoms with van der Waals surface area (Å²) < 4.78 is 5.81. The number of hydrogen-bond acceptors (Lipinski definition) is 4. The van der Waals surface area contributed by atoms with E-state index in [1.807, 2.05) is 30.3 Å². The zero-order valence-corrected chi connectivity index (χ0v) is 15.8. The second-order valence-corrected chi connectivity index (χ2v) is 6.84. The summed E-state index contributed by atoms with van der Waals surface area (Å²) in [7, 11) is 0. The fourth-order valence-corrected chi connectivity index (χ4v) is 3.46. The normalized spacial score (nSPS) is 16.8. The molecule has 4 N–H and O–H groups in total. The lowest BCUT2D eigenvalue weighted by atomic mass is 10.0. The quantitative estimate of drug-likeness (QED) is 0.663. The van der Waals surface area contributed by atoms with Crippen molar-refractivity contribution < 1.29 is 24.2 Å². The highest BCUT2D eigenvalue weighted by Crippen LogP contribution is 2.27. The number of rotatable bonds is 7. The molecule has 0 unspecified atom stereocenters. The Hall–Kier alpha value is -3.55. The Bertz CT molecular complexity index is 887. The summed E-state index contributed by atoms with van der Waals surface area (Å²) in [5.41, 5.74) is 5.93. The minimum absolute atomic E-state index is 0.0957. The molecule has 152 valence electrons. The fourth-order valence-electron chi connectivity index (χ4n) is 3.46. The van der Waals surface area contributed by atoms with Crippen molar-refractivity contribution in [2.45, 2.75) is 31.3 Å². The molecule has 2 atom stereocenters. The summed E-state index contributed by atoms with van der Waals surface area (Å²) in [6.07, 6.45) is 0.966. The summed E-state index contributed by atoms with van der Waals surface area (Å²) in [6, 6.07) is 13.9. The van der Waals surface area contributed by atoms with Gasteiger partial charge in [0.2, 0.25) is 5.91 Å². The van der Waals surface area contributed by atoms with Gasteiger partial charge < -0.3 is 25.8 Å². The number of benzene rings is 2. The van der Waals surface area contributed by atoms with Crippen molar-refractivity contribution in [3.05, 3.63) is 60.2 Å². The molecule has 0 aliphatic carbocycles. The van der Waals surface area contributed by atoms with Crippen molar-refractivity contribution in [2.24, 2.45) is 5.73 Å². The molecule has 3 rings (SSSR count). The molecule has 2 aromatic rings. The molecule has 0 bridgehead atoms. The Balaban J connectivity index is 1.78. The van der Waals surface area contributed by atoms with E-state index in [0.717, 1.165) is 0 Å². The van der Waals surface area contributed by atoms with Crippen LogP contribution in [0.1, 0.15) is 30.9 Å². The molecule has 8 nitrogen and oxygen atoms in total. The standard InChI is InChI=1S/C21H23N3O5/c22-21(28)23-17(13-19(25)24-11-5-10-18(24)20(26)27)14-6-4-9-16(12-14)29-15-7-2-1-3-8-15/h1-4,6-9,12,17-18H,5,10-11,13H2,(H,26,27)(H3,22,23,28)/t17-,18+/m0/s1. The van der Waals surface area contributed by atoms with Gasteiger partial charge in [0.15, 0.2) is 0 Å². The van der Waals surface area contributed by atoms with Gasteiger partial charge in [0.25, 0.3) is 0 Å². The Morgan fingerprint density at radius 3 is 2.55 bits per heavy atom. The number of carboxylic acid groups (broad SMARTS) is 1. The van der Waals surface area contributed by atoms with E-state index in [1.165, 1.54) is 4.90 Å². The van der Waals surface area contributed by atoms with Crippen LogP contribution in [0.3, 0.4) is 0 Å². The molecule has 0 radical (unpaired) electrons. The van der Waals surface area contributed by atoms with Gasteiger partial charge in [0.05, 0.1) is 12.5 Å². The maximum atomic E-state index is 12.7. The Labute approximate surface area is 168 Å². The maximum Gasteiger partial charge on any atom is 0.326 e. The highest BCUT2D eigenvalue weighted by atomic mass is 16.5. The second kappa shape index (κ2) is 9.09. The molecule has 1 aliphatic heterocycles. The number of para-hydroxylation sites is 1. The van der Waals surface area contributed by atoms with Crippen LogP contribution >= 0.6 is 0 Å². The molecule has 2 aromatic carbocycles. The van der Waals surface area contributed by atoms with Crippen molar-refractivity contribution in [1.82, 2.24) is 10.2 Å². The van der Waals surface area contributed by atoms with E-state index in [0.29, 0.717) is 36.4 Å². The largest absolute Gasteiger partial charge is 0.480 e. The van der Waals surface area contributed by atoms with Crippen LogP contribution in [0.4, 0.5) is 4.79 Å². The first-order chi connectivity index (χ1) is 13.9. The van der Waals surface area contributed by atoms with Gasteiger partial charge in [-0.1, -0.05) is 30.3 Å². The van der Waals surface area contributed by atoms with Crippen molar-refractivity contribution in [3.63, 3.8) is 0 Å². The molecule has 1 saturated heterocycles. The number of aliphatic carboxylic acids is 1. The van der Waals surface area contributed by atoms with E-state index in [-0.39, 0.29) is 12.3 Å². The molecule has 1 fully saturated rings. The Morgan fingerprint density at radius 2 is 1.86 bits per heavy atom. The highest BCUT2D eigenvalue weighted by molar-refractivity contribution is 5.85. The minimum Gasteiger partial charge on any atom is -0.480 e. The molecule has 0 aromatic heterocycles. The molecule has 8 heteroatoms. The SMILES string of the molecule is NC(=O)N[C@@H](CC(=O)N1CCC[C@@H]1C(=O)O)c1cccc(Oc2ccccc2)c1. The zero-order chi connectivity index (χ0) is 20.8. The van der Waals surface area contributed by atoms with Crippen LogP contribution in [0.5, 0.6) is 11.5 Å². The molecule has 29 heavy (non-hydrogen) atoms. The maximum absolute atomic E-state index is 12.7. The predicted octanol–water partition coefficient (Wildman–Crippen LogP) is 2.65. The smallest absolute Gasteiger partial charge is 0.326 e. The number of hydrogen-bond donors (Lipinski definition) is 3. The molecule has 0 saturated carbocycles. The van der Waals surface area contributed by atoms with Gasteiger partial charge in [-0.2, -0.15) is 0 Å². The van der Waals surface area contributed by atoms with Gasteiger partial charge in [-0.15, -0.1) is 0 Å². The number of ether oxygens (including phenoxy) is 1. The third-order valence-electron chi connectivity index (χ3n) is 4.79. The average molecular weight is 397 g/mol. The van der Waals surface area contributed by atoms with Crippen LogP contribution in [0.2, 0.25) is 0 Å². The average Bonchev–Trinajstić information content (AvgIpc) is 3.18. The fraction of sp³-hybridized carbons (Fsp3) is 0.286. The first-order valence-corrected chi connectivity index (χ1v) is 9.35. The predicted molar refractivity (Wildman–Crippen MR) is 105 cm³/mol. The van der Waals surface area contributed by atoms with Gasteiger partial charge >= 0.3 is 12.0 Å². The number of nitrogens with zero attached hydrogens (tertiary/aromatic N) is 1. The van der Waals surface area contributed by atoms with Crippen LogP contribution in [0.25, 0.3) is 0 Å². The summed E-state index contributed by atoms with van der Waals surface area (Å²) in [6.45, 7) is 0.385. The number of nitrogens with two attached hydrogens (primary N) is 1. The molecular weight excluding hydrogens is 374 g/mol. The van der Waals surface area contributed by atoms with Gasteiger partial charge in [0, 0.05) is 6.54 Å². The number of nitrogens with one attached hydrogen (secondary N) is 1. The summed E-state index contributed by atoms with van der Waals surface area (Å²) >= 11 is 0. The number of primary amides is 1. The van der Waals surface area contributed by atoms with Gasteiger partial charge in [-0.3, -0.25) is 4.79 Å². The van der Waals surface area contributed by atoms with E-state index in [9.17, 15) is 19.5 Å². The topological polar surface area (TPSA) is 122 Å². The van der Waals surface area contributed by atoms with E-state index in [2.05, 4.69) is 5.32 Å². The van der Waals surface area contributed by atoms with Gasteiger partial charge in [-0.05, 0) is 42.7 Å². The molecular formula is C21H23N3O5. The van der Waals surface area contributed by atoms with Crippen molar-refractivity contribution in [2.75, 3.05) is 6.54 Å². The lowest BCUT2D eigenvalue weighted by Gasteiger charge is -2.25. The van der Waals surface area contributed by atoms with E-state index < -0.39 is 24.1 Å².